The summed E-state index contributed by atoms with van der Waals surface area (Å²) in [5.74, 6) is -0.651. The second-order valence-corrected chi connectivity index (χ2v) is 6.29. The molecule has 1 rings (SSSR count). The van der Waals surface area contributed by atoms with E-state index in [2.05, 4.69) is 10.0 Å². The number of nitrogens with one attached hydrogen (secondary N) is 2. The quantitative estimate of drug-likeness (QED) is 0.717. The van der Waals surface area contributed by atoms with E-state index in [4.69, 9.17) is 0 Å². The van der Waals surface area contributed by atoms with Crippen LogP contribution in [-0.2, 0) is 14.8 Å². The number of rotatable bonds is 8. The normalized spacial score (nSPS) is 10.9. The Hall–Kier alpha value is -1.22. The highest BCUT2D eigenvalue weighted by Crippen LogP contribution is 2.09. The molecule has 1 aromatic carbocycles. The highest BCUT2D eigenvalue weighted by molar-refractivity contribution is 7.89. The zero-order valence-corrected chi connectivity index (χ0v) is 14.1. The Balaban J connectivity index is 0.00000441. The fourth-order valence-corrected chi connectivity index (χ4v) is 2.62. The monoisotopic (exact) mass is 353 g/mol. The molecule has 0 unspecified atom stereocenters. The standard InChI is InChI=1S/C13H20FN3O3S.ClH/c1-15-9-10-17(2)13(18)7-8-16-21(19,20)12-5-3-11(14)4-6-12;/h3-6,15-16H,7-10H2,1-2H3;1H. The van der Waals surface area contributed by atoms with Crippen molar-refractivity contribution in [3.05, 3.63) is 30.1 Å². The van der Waals surface area contributed by atoms with Crippen molar-refractivity contribution in [2.75, 3.05) is 33.7 Å². The van der Waals surface area contributed by atoms with Crippen LogP contribution in [0.4, 0.5) is 4.39 Å². The lowest BCUT2D eigenvalue weighted by molar-refractivity contribution is -0.129. The first kappa shape index (κ1) is 20.8. The van der Waals surface area contributed by atoms with E-state index in [9.17, 15) is 17.6 Å². The van der Waals surface area contributed by atoms with Gasteiger partial charge in [-0.25, -0.2) is 17.5 Å². The van der Waals surface area contributed by atoms with Crippen LogP contribution in [0.25, 0.3) is 0 Å². The molecule has 0 heterocycles. The smallest absolute Gasteiger partial charge is 0.240 e. The topological polar surface area (TPSA) is 78.5 Å². The summed E-state index contributed by atoms with van der Waals surface area (Å²) < 4.78 is 38.9. The van der Waals surface area contributed by atoms with Gasteiger partial charge in [0.15, 0.2) is 0 Å². The summed E-state index contributed by atoms with van der Waals surface area (Å²) in [6.45, 7) is 1.23. The third-order valence-electron chi connectivity index (χ3n) is 2.88. The molecule has 22 heavy (non-hydrogen) atoms. The van der Waals surface area contributed by atoms with Crippen LogP contribution in [0.1, 0.15) is 6.42 Å². The molecule has 0 saturated carbocycles. The van der Waals surface area contributed by atoms with Crippen LogP contribution in [0.5, 0.6) is 0 Å². The molecular weight excluding hydrogens is 333 g/mol. The molecule has 9 heteroatoms. The summed E-state index contributed by atoms with van der Waals surface area (Å²) in [7, 11) is -0.267. The number of sulfonamides is 1. The number of likely N-dealkylation sites (N-methyl/N-ethyl adjacent to an activating group) is 2. The van der Waals surface area contributed by atoms with Crippen molar-refractivity contribution >= 4 is 28.3 Å². The van der Waals surface area contributed by atoms with E-state index >= 15 is 0 Å². The zero-order chi connectivity index (χ0) is 15.9. The van der Waals surface area contributed by atoms with Crippen molar-refractivity contribution in [3.8, 4) is 0 Å². The maximum atomic E-state index is 12.8. The highest BCUT2D eigenvalue weighted by atomic mass is 35.5. The SMILES string of the molecule is CNCCN(C)C(=O)CCNS(=O)(=O)c1ccc(F)cc1.Cl. The Morgan fingerprint density at radius 1 is 1.23 bits per heavy atom. The Bertz CT molecular complexity index is 566. The van der Waals surface area contributed by atoms with Crippen molar-refractivity contribution in [2.45, 2.75) is 11.3 Å². The van der Waals surface area contributed by atoms with Gasteiger partial charge in [-0.1, -0.05) is 0 Å². The third kappa shape index (κ3) is 6.69. The second kappa shape index (κ2) is 9.73. The summed E-state index contributed by atoms with van der Waals surface area (Å²) in [6, 6.07) is 4.51. The molecule has 0 saturated heterocycles. The van der Waals surface area contributed by atoms with Crippen LogP contribution in [0, 0.1) is 5.82 Å². The maximum Gasteiger partial charge on any atom is 0.240 e. The molecule has 1 amide bonds. The minimum Gasteiger partial charge on any atom is -0.344 e. The van der Waals surface area contributed by atoms with E-state index < -0.39 is 15.8 Å². The predicted octanol–water partition coefficient (Wildman–Crippen LogP) is 0.594. The van der Waals surface area contributed by atoms with Crippen LogP contribution in [-0.4, -0.2) is 53.0 Å². The van der Waals surface area contributed by atoms with Crippen LogP contribution >= 0.6 is 12.4 Å². The fourth-order valence-electron chi connectivity index (χ4n) is 1.58. The molecule has 0 aromatic heterocycles. The van der Waals surface area contributed by atoms with Crippen molar-refractivity contribution < 1.29 is 17.6 Å². The molecule has 2 N–H and O–H groups in total. The van der Waals surface area contributed by atoms with E-state index in [1.54, 1.807) is 14.1 Å². The number of hydrogen-bond acceptors (Lipinski definition) is 4. The predicted molar refractivity (Wildman–Crippen MR) is 85.0 cm³/mol. The van der Waals surface area contributed by atoms with Crippen molar-refractivity contribution in [2.24, 2.45) is 0 Å². The zero-order valence-electron chi connectivity index (χ0n) is 12.5. The Kier molecular flexibility index (Phi) is 9.19. The Morgan fingerprint density at radius 3 is 2.36 bits per heavy atom. The van der Waals surface area contributed by atoms with E-state index in [0.29, 0.717) is 13.1 Å². The molecule has 0 aliphatic carbocycles. The number of nitrogens with zero attached hydrogens (tertiary/aromatic N) is 1. The lowest BCUT2D eigenvalue weighted by atomic mass is 10.3. The molecule has 1 aromatic rings. The molecule has 0 spiro atoms. The number of halogens is 2. The van der Waals surface area contributed by atoms with E-state index in [-0.39, 0.29) is 36.2 Å². The van der Waals surface area contributed by atoms with Gasteiger partial charge >= 0.3 is 0 Å². The Morgan fingerprint density at radius 2 is 1.82 bits per heavy atom. The number of carbonyl (C=O) groups excluding carboxylic acids is 1. The average Bonchev–Trinajstić information content (AvgIpc) is 2.44. The number of hydrogen-bond donors (Lipinski definition) is 2. The molecule has 0 aliphatic heterocycles. The first-order valence-corrected chi connectivity index (χ1v) is 7.99. The lowest BCUT2D eigenvalue weighted by Gasteiger charge is -2.16. The van der Waals surface area contributed by atoms with Gasteiger partial charge in [0.2, 0.25) is 15.9 Å². The van der Waals surface area contributed by atoms with Gasteiger partial charge in [-0.15, -0.1) is 12.4 Å². The molecule has 126 valence electrons. The summed E-state index contributed by atoms with van der Waals surface area (Å²) in [6.07, 6.45) is 0.0701. The van der Waals surface area contributed by atoms with Crippen molar-refractivity contribution in [1.82, 2.24) is 14.9 Å². The molecule has 0 bridgehead atoms. The summed E-state index contributed by atoms with van der Waals surface area (Å²) >= 11 is 0. The van der Waals surface area contributed by atoms with Gasteiger partial charge in [0, 0.05) is 33.1 Å². The summed E-state index contributed by atoms with van der Waals surface area (Å²) in [5, 5.41) is 2.92. The van der Waals surface area contributed by atoms with Gasteiger partial charge < -0.3 is 10.2 Å². The largest absolute Gasteiger partial charge is 0.344 e. The highest BCUT2D eigenvalue weighted by Gasteiger charge is 2.15. The van der Waals surface area contributed by atoms with Crippen LogP contribution in [0.3, 0.4) is 0 Å². The molecule has 0 atom stereocenters. The third-order valence-corrected chi connectivity index (χ3v) is 4.35. The summed E-state index contributed by atoms with van der Waals surface area (Å²) in [4.78, 5) is 13.2. The van der Waals surface area contributed by atoms with Crippen molar-refractivity contribution in [1.29, 1.82) is 0 Å². The Labute approximate surface area is 136 Å². The van der Waals surface area contributed by atoms with Crippen LogP contribution < -0.4 is 10.0 Å². The molecule has 6 nitrogen and oxygen atoms in total. The van der Waals surface area contributed by atoms with Crippen LogP contribution in [0.15, 0.2) is 29.2 Å². The van der Waals surface area contributed by atoms with E-state index in [1.165, 1.54) is 17.0 Å². The molecule has 0 aliphatic rings. The van der Waals surface area contributed by atoms with Gasteiger partial charge in [-0.2, -0.15) is 0 Å². The first-order chi connectivity index (χ1) is 9.86. The lowest BCUT2D eigenvalue weighted by Crippen LogP contribution is -2.35. The van der Waals surface area contributed by atoms with Crippen molar-refractivity contribution in [3.63, 3.8) is 0 Å². The van der Waals surface area contributed by atoms with Gasteiger partial charge in [-0.3, -0.25) is 4.79 Å². The fraction of sp³-hybridized carbons (Fsp3) is 0.462. The second-order valence-electron chi connectivity index (χ2n) is 4.52. The van der Waals surface area contributed by atoms with Gasteiger partial charge in [0.25, 0.3) is 0 Å². The average molecular weight is 354 g/mol. The number of benzene rings is 1. The summed E-state index contributed by atoms with van der Waals surface area (Å²) in [5.41, 5.74) is 0. The maximum absolute atomic E-state index is 12.8. The van der Waals surface area contributed by atoms with Crippen LogP contribution in [0.2, 0.25) is 0 Å². The van der Waals surface area contributed by atoms with Gasteiger partial charge in [-0.05, 0) is 31.3 Å². The van der Waals surface area contributed by atoms with E-state index in [0.717, 1.165) is 12.1 Å². The molecule has 0 fully saturated rings. The number of amides is 1. The number of carbonyl (C=O) groups is 1. The minimum atomic E-state index is -3.72. The van der Waals surface area contributed by atoms with Gasteiger partial charge in [0.05, 0.1) is 4.90 Å². The first-order valence-electron chi connectivity index (χ1n) is 6.50. The van der Waals surface area contributed by atoms with Gasteiger partial charge in [0.1, 0.15) is 5.82 Å². The molecular formula is C13H21ClFN3O3S. The molecule has 0 radical (unpaired) electrons. The van der Waals surface area contributed by atoms with E-state index in [1.807, 2.05) is 0 Å². The minimum absolute atomic E-state index is 0.